The molecule has 0 saturated carbocycles. The molecule has 1 aliphatic heterocycles. The number of nitrogens with zero attached hydrogens (tertiary/aromatic N) is 4. The fraction of sp³-hybridized carbons (Fsp3) is 0.533. The van der Waals surface area contributed by atoms with Gasteiger partial charge in [0.05, 0.1) is 23.8 Å². The molecule has 1 aromatic rings. The number of likely N-dealkylation sites (N-methyl/N-ethyl adjacent to an activating group) is 1. The second kappa shape index (κ2) is 6.87. The maximum Gasteiger partial charge on any atom is 0.414 e. The van der Waals surface area contributed by atoms with Gasteiger partial charge in [-0.15, -0.1) is 0 Å². The lowest BCUT2D eigenvalue weighted by Gasteiger charge is -2.30. The minimum Gasteiger partial charge on any atom is -0.443 e. The number of ether oxygens (including phenoxy) is 1. The third-order valence-electron chi connectivity index (χ3n) is 3.22. The summed E-state index contributed by atoms with van der Waals surface area (Å²) in [7, 11) is 0. The summed E-state index contributed by atoms with van der Waals surface area (Å²) < 4.78 is 45.6. The van der Waals surface area contributed by atoms with Crippen LogP contribution in [-0.4, -0.2) is 45.3 Å². The highest BCUT2D eigenvalue weighted by atomic mass is 19.4. The van der Waals surface area contributed by atoms with Gasteiger partial charge in [0.25, 0.3) is 0 Å². The summed E-state index contributed by atoms with van der Waals surface area (Å²) in [4.78, 5) is 20.8. The largest absolute Gasteiger partial charge is 0.443 e. The van der Waals surface area contributed by atoms with Crippen molar-refractivity contribution in [2.75, 3.05) is 11.6 Å². The number of aromatic nitrogens is 2. The van der Waals surface area contributed by atoms with E-state index in [2.05, 4.69) is 15.4 Å². The molecular formula is C15H20F3N5O2. The van der Waals surface area contributed by atoms with E-state index in [1.54, 1.807) is 27.7 Å². The van der Waals surface area contributed by atoms with E-state index in [0.29, 0.717) is 5.69 Å². The molecule has 1 amide bonds. The standard InChI is InChI=1S/C15H20F3N5O2/c1-5-22(13(24)25-14(2,3)4)11-8-23(10-6-19-9-20-7-10)21-12(11)15(16,17)18/h6-9,12,21H,5H2,1-4H3. The lowest BCUT2D eigenvalue weighted by molar-refractivity contribution is -0.148. The zero-order valence-electron chi connectivity index (χ0n) is 14.3. The maximum absolute atomic E-state index is 13.5. The maximum atomic E-state index is 13.5. The van der Waals surface area contributed by atoms with Crippen LogP contribution in [0.1, 0.15) is 27.7 Å². The topological polar surface area (TPSA) is 70.6 Å². The van der Waals surface area contributed by atoms with E-state index < -0.39 is 23.9 Å². The van der Waals surface area contributed by atoms with Gasteiger partial charge in [-0.1, -0.05) is 0 Å². The molecule has 0 fully saturated rings. The molecule has 7 nitrogen and oxygen atoms in total. The van der Waals surface area contributed by atoms with E-state index in [0.717, 1.165) is 9.91 Å². The van der Waals surface area contributed by atoms with Gasteiger partial charge in [0.2, 0.25) is 0 Å². The number of hydrogen-bond donors (Lipinski definition) is 1. The van der Waals surface area contributed by atoms with Gasteiger partial charge in [0.15, 0.2) is 6.04 Å². The SMILES string of the molecule is CCN(C(=O)OC(C)(C)C)C1=CN(c2cncnc2)NC1C(F)(F)F. The van der Waals surface area contributed by atoms with Gasteiger partial charge in [-0.05, 0) is 27.7 Å². The Balaban J connectivity index is 2.36. The fourth-order valence-electron chi connectivity index (χ4n) is 2.21. The van der Waals surface area contributed by atoms with E-state index in [1.807, 2.05) is 0 Å². The molecule has 0 saturated heterocycles. The Kier molecular flexibility index (Phi) is 5.21. The third kappa shape index (κ3) is 4.59. The van der Waals surface area contributed by atoms with Crippen LogP contribution in [0.2, 0.25) is 0 Å². The van der Waals surface area contributed by atoms with Crippen molar-refractivity contribution in [3.63, 3.8) is 0 Å². The highest BCUT2D eigenvalue weighted by molar-refractivity contribution is 5.71. The quantitative estimate of drug-likeness (QED) is 0.895. The first-order chi connectivity index (χ1) is 11.5. The molecule has 1 aliphatic rings. The van der Waals surface area contributed by atoms with Gasteiger partial charge in [-0.2, -0.15) is 13.2 Å². The van der Waals surface area contributed by atoms with Crippen molar-refractivity contribution >= 4 is 11.8 Å². The summed E-state index contributed by atoms with van der Waals surface area (Å²) in [5.41, 5.74) is 1.55. The predicted octanol–water partition coefficient (Wildman–Crippen LogP) is 2.83. The Labute approximate surface area is 143 Å². The number of alkyl halides is 3. The second-order valence-corrected chi connectivity index (χ2v) is 6.35. The van der Waals surface area contributed by atoms with Crippen LogP contribution in [0.25, 0.3) is 0 Å². The van der Waals surface area contributed by atoms with Crippen LogP contribution in [0.4, 0.5) is 23.7 Å². The summed E-state index contributed by atoms with van der Waals surface area (Å²) in [6.07, 6.45) is -0.267. The minimum atomic E-state index is -4.61. The number of nitrogens with one attached hydrogen (secondary N) is 1. The zero-order valence-corrected chi connectivity index (χ0v) is 14.3. The molecule has 10 heteroatoms. The molecule has 2 heterocycles. The van der Waals surface area contributed by atoms with Gasteiger partial charge in [-0.25, -0.2) is 20.2 Å². The zero-order chi connectivity index (χ0) is 18.8. The lowest BCUT2D eigenvalue weighted by atomic mass is 10.2. The van der Waals surface area contributed by atoms with Crippen LogP contribution in [0.3, 0.4) is 0 Å². The Morgan fingerprint density at radius 3 is 2.40 bits per heavy atom. The van der Waals surface area contributed by atoms with Crippen LogP contribution in [0.5, 0.6) is 0 Å². The van der Waals surface area contributed by atoms with Gasteiger partial charge < -0.3 is 4.74 Å². The first-order valence-electron chi connectivity index (χ1n) is 7.62. The molecule has 0 aromatic carbocycles. The van der Waals surface area contributed by atoms with E-state index in [1.165, 1.54) is 24.9 Å². The molecule has 1 N–H and O–H groups in total. The molecular weight excluding hydrogens is 339 g/mol. The van der Waals surface area contributed by atoms with Gasteiger partial charge in [0, 0.05) is 12.7 Å². The number of carbonyl (C=O) groups is 1. The predicted molar refractivity (Wildman–Crippen MR) is 84.2 cm³/mol. The van der Waals surface area contributed by atoms with E-state index in [9.17, 15) is 18.0 Å². The van der Waals surface area contributed by atoms with Crippen LogP contribution in [0.15, 0.2) is 30.6 Å². The van der Waals surface area contributed by atoms with Crippen molar-refractivity contribution in [3.8, 4) is 0 Å². The van der Waals surface area contributed by atoms with Gasteiger partial charge in [-0.3, -0.25) is 9.91 Å². The Morgan fingerprint density at radius 1 is 1.32 bits per heavy atom. The number of rotatable bonds is 3. The summed E-state index contributed by atoms with van der Waals surface area (Å²) in [5, 5.41) is 1.14. The van der Waals surface area contributed by atoms with E-state index >= 15 is 0 Å². The molecule has 1 atom stereocenters. The Hall–Kier alpha value is -2.36. The second-order valence-electron chi connectivity index (χ2n) is 6.35. The fourth-order valence-corrected chi connectivity index (χ4v) is 2.21. The highest BCUT2D eigenvalue weighted by Gasteiger charge is 2.49. The van der Waals surface area contributed by atoms with Gasteiger partial charge in [0.1, 0.15) is 11.9 Å². The van der Waals surface area contributed by atoms with Crippen molar-refractivity contribution in [3.05, 3.63) is 30.6 Å². The normalized spacial score (nSPS) is 18.1. The average Bonchev–Trinajstić information content (AvgIpc) is 2.92. The number of carbonyl (C=O) groups excluding carboxylic acids is 1. The Bertz CT molecular complexity index is 643. The number of anilines is 1. The molecule has 0 spiro atoms. The van der Waals surface area contributed by atoms with Crippen molar-refractivity contribution in [1.82, 2.24) is 20.3 Å². The van der Waals surface area contributed by atoms with Crippen LogP contribution < -0.4 is 10.4 Å². The molecule has 0 bridgehead atoms. The van der Waals surface area contributed by atoms with Crippen molar-refractivity contribution in [2.24, 2.45) is 0 Å². The summed E-state index contributed by atoms with van der Waals surface area (Å²) in [5.74, 6) is 0. The van der Waals surface area contributed by atoms with Crippen molar-refractivity contribution < 1.29 is 22.7 Å². The number of halogens is 3. The molecule has 1 unspecified atom stereocenters. The minimum absolute atomic E-state index is 0.0220. The van der Waals surface area contributed by atoms with Crippen molar-refractivity contribution in [1.29, 1.82) is 0 Å². The van der Waals surface area contributed by atoms with Crippen molar-refractivity contribution in [2.45, 2.75) is 45.5 Å². The summed E-state index contributed by atoms with van der Waals surface area (Å²) in [6, 6.07) is -2.06. The molecule has 25 heavy (non-hydrogen) atoms. The van der Waals surface area contributed by atoms with Crippen LogP contribution in [-0.2, 0) is 4.74 Å². The first-order valence-corrected chi connectivity index (χ1v) is 7.62. The summed E-state index contributed by atoms with van der Waals surface area (Å²) in [6.45, 7) is 6.54. The summed E-state index contributed by atoms with van der Waals surface area (Å²) >= 11 is 0. The average molecular weight is 359 g/mol. The molecule has 2 rings (SSSR count). The lowest BCUT2D eigenvalue weighted by Crippen LogP contribution is -2.49. The monoisotopic (exact) mass is 359 g/mol. The number of amides is 1. The molecule has 0 aliphatic carbocycles. The smallest absolute Gasteiger partial charge is 0.414 e. The van der Waals surface area contributed by atoms with Gasteiger partial charge >= 0.3 is 12.3 Å². The highest BCUT2D eigenvalue weighted by Crippen LogP contribution is 2.33. The molecule has 1 aromatic heterocycles. The molecule has 0 radical (unpaired) electrons. The van der Waals surface area contributed by atoms with Crippen LogP contribution >= 0.6 is 0 Å². The van der Waals surface area contributed by atoms with E-state index in [4.69, 9.17) is 4.74 Å². The number of hydrogen-bond acceptors (Lipinski definition) is 6. The number of hydrazine groups is 1. The third-order valence-corrected chi connectivity index (χ3v) is 3.22. The van der Waals surface area contributed by atoms with Crippen LogP contribution in [0, 0.1) is 0 Å². The molecule has 138 valence electrons. The Morgan fingerprint density at radius 2 is 1.92 bits per heavy atom. The first kappa shape index (κ1) is 19.0. The van der Waals surface area contributed by atoms with E-state index in [-0.39, 0.29) is 12.2 Å².